The van der Waals surface area contributed by atoms with Gasteiger partial charge in [0.1, 0.15) is 5.82 Å². The van der Waals surface area contributed by atoms with Crippen molar-refractivity contribution in [2.75, 3.05) is 19.6 Å². The Balaban J connectivity index is 1.31. The van der Waals surface area contributed by atoms with Crippen molar-refractivity contribution < 1.29 is 22.4 Å². The summed E-state index contributed by atoms with van der Waals surface area (Å²) in [6, 6.07) is 21.9. The van der Waals surface area contributed by atoms with Crippen molar-refractivity contribution in [3.8, 4) is 0 Å². The average molecular weight is 590 g/mol. The van der Waals surface area contributed by atoms with Gasteiger partial charge in [-0.25, -0.2) is 12.8 Å². The molecule has 1 aliphatic carbocycles. The van der Waals surface area contributed by atoms with Gasteiger partial charge in [0.2, 0.25) is 21.8 Å². The standard InChI is InChI=1S/C33H36FN3O4S/c1-25-7-16-31(17-8-25)42(40,41)37(30-14-15-30)24-33(39)36(23-27-9-12-28(34)13-10-27)29-19-21-35(22-20-29)32(38)18-11-26-5-3-2-4-6-26/h2-13,16-18,29-30H,14-15,19-24H2,1H3/b18-11+. The number of sulfonamides is 1. The summed E-state index contributed by atoms with van der Waals surface area (Å²) in [6.45, 7) is 2.81. The Hall–Kier alpha value is -3.82. The van der Waals surface area contributed by atoms with Crippen molar-refractivity contribution in [3.05, 3.63) is 107 Å². The van der Waals surface area contributed by atoms with E-state index in [0.717, 1.165) is 16.7 Å². The molecule has 1 saturated carbocycles. The van der Waals surface area contributed by atoms with Crippen LogP contribution in [-0.2, 0) is 26.2 Å². The van der Waals surface area contributed by atoms with Crippen molar-refractivity contribution in [3.63, 3.8) is 0 Å². The highest BCUT2D eigenvalue weighted by atomic mass is 32.2. The number of rotatable bonds is 10. The molecule has 2 amide bonds. The fraction of sp³-hybridized carbons (Fsp3) is 0.333. The van der Waals surface area contributed by atoms with Gasteiger partial charge in [-0.3, -0.25) is 9.59 Å². The number of nitrogens with zero attached hydrogens (tertiary/aromatic N) is 3. The minimum atomic E-state index is -3.87. The lowest BCUT2D eigenvalue weighted by Crippen LogP contribution is -2.51. The summed E-state index contributed by atoms with van der Waals surface area (Å²) in [5, 5.41) is 0. The second-order valence-corrected chi connectivity index (χ2v) is 12.9. The van der Waals surface area contributed by atoms with E-state index < -0.39 is 10.0 Å². The number of hydrogen-bond donors (Lipinski definition) is 0. The highest BCUT2D eigenvalue weighted by Crippen LogP contribution is 2.32. The SMILES string of the molecule is Cc1ccc(S(=O)(=O)N(CC(=O)N(Cc2ccc(F)cc2)C2CCN(C(=O)/C=C/c3ccccc3)CC2)C2CC2)cc1. The van der Waals surface area contributed by atoms with Crippen LogP contribution >= 0.6 is 0 Å². The Morgan fingerprint density at radius 1 is 0.881 bits per heavy atom. The van der Waals surface area contributed by atoms with E-state index in [4.69, 9.17) is 0 Å². The Bertz CT molecular complexity index is 1510. The number of carbonyl (C=O) groups excluding carboxylic acids is 2. The molecule has 7 nitrogen and oxygen atoms in total. The van der Waals surface area contributed by atoms with E-state index in [1.54, 1.807) is 58.4 Å². The van der Waals surface area contributed by atoms with Gasteiger partial charge < -0.3 is 9.80 Å². The van der Waals surface area contributed by atoms with E-state index in [1.807, 2.05) is 37.3 Å². The van der Waals surface area contributed by atoms with Crippen LogP contribution in [0.5, 0.6) is 0 Å². The molecule has 0 aromatic heterocycles. The van der Waals surface area contributed by atoms with Crippen LogP contribution in [0.2, 0.25) is 0 Å². The molecule has 2 aliphatic rings. The normalized spacial score (nSPS) is 16.2. The highest BCUT2D eigenvalue weighted by molar-refractivity contribution is 7.89. The molecule has 220 valence electrons. The van der Waals surface area contributed by atoms with Gasteiger partial charge in [0, 0.05) is 37.8 Å². The molecule has 5 rings (SSSR count). The van der Waals surface area contributed by atoms with Crippen LogP contribution in [0.15, 0.2) is 89.8 Å². The van der Waals surface area contributed by atoms with Crippen LogP contribution in [0.3, 0.4) is 0 Å². The zero-order chi connectivity index (χ0) is 29.7. The predicted molar refractivity (Wildman–Crippen MR) is 160 cm³/mol. The van der Waals surface area contributed by atoms with Gasteiger partial charge in [-0.1, -0.05) is 60.2 Å². The zero-order valence-corrected chi connectivity index (χ0v) is 24.5. The van der Waals surface area contributed by atoms with Gasteiger partial charge in [0.25, 0.3) is 0 Å². The van der Waals surface area contributed by atoms with Crippen LogP contribution in [0.25, 0.3) is 6.08 Å². The fourth-order valence-electron chi connectivity index (χ4n) is 5.29. The summed E-state index contributed by atoms with van der Waals surface area (Å²) < 4.78 is 42.2. The van der Waals surface area contributed by atoms with Crippen molar-refractivity contribution in [2.24, 2.45) is 0 Å². The topological polar surface area (TPSA) is 78.0 Å². The van der Waals surface area contributed by atoms with Gasteiger partial charge in [0.05, 0.1) is 11.4 Å². The minimum absolute atomic E-state index is 0.0854. The Kier molecular flexibility index (Phi) is 9.18. The first-order valence-corrected chi connectivity index (χ1v) is 15.8. The lowest BCUT2D eigenvalue weighted by atomic mass is 10.0. The second kappa shape index (κ2) is 13.0. The van der Waals surface area contributed by atoms with E-state index in [0.29, 0.717) is 38.8 Å². The number of amides is 2. The van der Waals surface area contributed by atoms with Gasteiger partial charge >= 0.3 is 0 Å². The summed E-state index contributed by atoms with van der Waals surface area (Å²) in [5.74, 6) is -0.746. The smallest absolute Gasteiger partial charge is 0.246 e. The second-order valence-electron chi connectivity index (χ2n) is 11.0. The van der Waals surface area contributed by atoms with E-state index >= 15 is 0 Å². The number of piperidine rings is 1. The summed E-state index contributed by atoms with van der Waals surface area (Å²) in [4.78, 5) is 30.4. The molecule has 3 aromatic rings. The third-order valence-corrected chi connectivity index (χ3v) is 9.81. The monoisotopic (exact) mass is 589 g/mol. The van der Waals surface area contributed by atoms with Crippen LogP contribution in [0.4, 0.5) is 4.39 Å². The van der Waals surface area contributed by atoms with Crippen molar-refractivity contribution in [1.82, 2.24) is 14.1 Å². The van der Waals surface area contributed by atoms with E-state index in [-0.39, 0.29) is 47.7 Å². The molecule has 0 atom stereocenters. The zero-order valence-electron chi connectivity index (χ0n) is 23.7. The van der Waals surface area contributed by atoms with Gasteiger partial charge in [-0.05, 0) is 74.1 Å². The molecular weight excluding hydrogens is 553 g/mol. The van der Waals surface area contributed by atoms with E-state index in [9.17, 15) is 22.4 Å². The van der Waals surface area contributed by atoms with Crippen LogP contribution in [-0.4, -0.2) is 66.1 Å². The number of halogens is 1. The predicted octanol–water partition coefficient (Wildman–Crippen LogP) is 5.02. The first-order chi connectivity index (χ1) is 20.2. The van der Waals surface area contributed by atoms with Crippen molar-refractivity contribution in [1.29, 1.82) is 0 Å². The molecule has 0 N–H and O–H groups in total. The first kappa shape index (κ1) is 29.7. The lowest BCUT2D eigenvalue weighted by molar-refractivity contribution is -0.136. The van der Waals surface area contributed by atoms with Crippen LogP contribution in [0.1, 0.15) is 42.4 Å². The molecular formula is C33H36FN3O4S. The first-order valence-electron chi connectivity index (χ1n) is 14.3. The Morgan fingerprint density at radius 3 is 2.14 bits per heavy atom. The average Bonchev–Trinajstić information content (AvgIpc) is 3.84. The van der Waals surface area contributed by atoms with E-state index in [1.165, 1.54) is 16.4 Å². The molecule has 1 heterocycles. The van der Waals surface area contributed by atoms with Crippen molar-refractivity contribution in [2.45, 2.75) is 56.1 Å². The summed E-state index contributed by atoms with van der Waals surface area (Å²) >= 11 is 0. The molecule has 2 fully saturated rings. The lowest BCUT2D eigenvalue weighted by Gasteiger charge is -2.39. The Morgan fingerprint density at radius 2 is 1.52 bits per heavy atom. The molecule has 0 spiro atoms. The number of hydrogen-bond acceptors (Lipinski definition) is 4. The summed E-state index contributed by atoms with van der Waals surface area (Å²) in [5.41, 5.74) is 2.65. The number of carbonyl (C=O) groups is 2. The number of likely N-dealkylation sites (tertiary alicyclic amines) is 1. The van der Waals surface area contributed by atoms with E-state index in [2.05, 4.69) is 0 Å². The number of benzene rings is 3. The largest absolute Gasteiger partial charge is 0.339 e. The third-order valence-electron chi connectivity index (χ3n) is 7.89. The highest BCUT2D eigenvalue weighted by Gasteiger charge is 2.41. The quantitative estimate of drug-likeness (QED) is 0.311. The molecule has 0 radical (unpaired) electrons. The number of aryl methyl sites for hydroxylation is 1. The van der Waals surface area contributed by atoms with Crippen LogP contribution in [0, 0.1) is 12.7 Å². The maximum Gasteiger partial charge on any atom is 0.246 e. The van der Waals surface area contributed by atoms with Crippen LogP contribution < -0.4 is 0 Å². The molecule has 3 aromatic carbocycles. The molecule has 0 unspecified atom stereocenters. The maximum absolute atomic E-state index is 13.9. The summed E-state index contributed by atoms with van der Waals surface area (Å²) in [6.07, 6.45) is 5.92. The summed E-state index contributed by atoms with van der Waals surface area (Å²) in [7, 11) is -3.87. The molecule has 9 heteroatoms. The maximum atomic E-state index is 13.9. The fourth-order valence-corrected chi connectivity index (χ4v) is 6.92. The molecule has 1 aliphatic heterocycles. The molecule has 0 bridgehead atoms. The molecule has 1 saturated heterocycles. The van der Waals surface area contributed by atoms with Gasteiger partial charge in [0.15, 0.2) is 0 Å². The Labute approximate surface area is 247 Å². The minimum Gasteiger partial charge on any atom is -0.339 e. The van der Waals surface area contributed by atoms with Crippen molar-refractivity contribution >= 4 is 27.9 Å². The van der Waals surface area contributed by atoms with Gasteiger partial charge in [-0.2, -0.15) is 4.31 Å². The molecule has 42 heavy (non-hydrogen) atoms. The third kappa shape index (κ3) is 7.33. The van der Waals surface area contributed by atoms with Gasteiger partial charge in [-0.15, -0.1) is 0 Å².